The SMILES string of the molecule is CCOc1ccc(C(=O)N2CCC(Cn3ccnc3C)CC2)cc1. The molecule has 1 amide bonds. The Balaban J connectivity index is 1.54. The highest BCUT2D eigenvalue weighted by Gasteiger charge is 2.24. The highest BCUT2D eigenvalue weighted by Crippen LogP contribution is 2.22. The number of carbonyl (C=O) groups excluding carboxylic acids is 1. The molecule has 1 fully saturated rings. The van der Waals surface area contributed by atoms with Gasteiger partial charge in [0.2, 0.25) is 0 Å². The van der Waals surface area contributed by atoms with Crippen LogP contribution in [-0.4, -0.2) is 40.1 Å². The minimum atomic E-state index is 0.121. The highest BCUT2D eigenvalue weighted by molar-refractivity contribution is 5.94. The summed E-state index contributed by atoms with van der Waals surface area (Å²) < 4.78 is 7.63. The zero-order valence-electron chi connectivity index (χ0n) is 14.4. The third kappa shape index (κ3) is 3.78. The van der Waals surface area contributed by atoms with Crippen molar-refractivity contribution in [3.05, 3.63) is 48.0 Å². The molecule has 0 N–H and O–H groups in total. The zero-order chi connectivity index (χ0) is 16.9. The van der Waals surface area contributed by atoms with Crippen LogP contribution in [0.2, 0.25) is 0 Å². The Morgan fingerprint density at radius 3 is 2.54 bits per heavy atom. The highest BCUT2D eigenvalue weighted by atomic mass is 16.5. The van der Waals surface area contributed by atoms with E-state index in [1.807, 2.05) is 55.4 Å². The molecule has 0 saturated carbocycles. The standard InChI is InChI=1S/C19H25N3O2/c1-3-24-18-6-4-17(5-7-18)19(23)21-11-8-16(9-12-21)14-22-13-10-20-15(22)2/h4-7,10,13,16H,3,8-9,11-12,14H2,1-2H3. The van der Waals surface area contributed by atoms with Crippen molar-refractivity contribution >= 4 is 5.91 Å². The predicted molar refractivity (Wildman–Crippen MR) is 93.2 cm³/mol. The van der Waals surface area contributed by atoms with E-state index in [2.05, 4.69) is 9.55 Å². The maximum absolute atomic E-state index is 12.6. The van der Waals surface area contributed by atoms with Crippen molar-refractivity contribution in [2.24, 2.45) is 5.92 Å². The molecule has 3 rings (SSSR count). The molecule has 2 heterocycles. The molecule has 5 nitrogen and oxygen atoms in total. The van der Waals surface area contributed by atoms with E-state index in [9.17, 15) is 4.79 Å². The molecule has 1 saturated heterocycles. The van der Waals surface area contributed by atoms with Gasteiger partial charge >= 0.3 is 0 Å². The first kappa shape index (κ1) is 16.6. The van der Waals surface area contributed by atoms with Gasteiger partial charge in [-0.25, -0.2) is 4.98 Å². The second-order valence-corrected chi connectivity index (χ2v) is 6.32. The molecule has 0 atom stereocenters. The van der Waals surface area contributed by atoms with Gasteiger partial charge in [0.1, 0.15) is 11.6 Å². The third-order valence-electron chi connectivity index (χ3n) is 4.69. The normalized spacial score (nSPS) is 15.5. The number of nitrogens with zero attached hydrogens (tertiary/aromatic N) is 3. The van der Waals surface area contributed by atoms with E-state index >= 15 is 0 Å². The molecule has 0 unspecified atom stereocenters. The van der Waals surface area contributed by atoms with Crippen molar-refractivity contribution in [3.63, 3.8) is 0 Å². The second-order valence-electron chi connectivity index (χ2n) is 6.32. The van der Waals surface area contributed by atoms with Crippen LogP contribution in [-0.2, 0) is 6.54 Å². The molecular weight excluding hydrogens is 302 g/mol. The fourth-order valence-electron chi connectivity index (χ4n) is 3.24. The summed E-state index contributed by atoms with van der Waals surface area (Å²) in [7, 11) is 0. The number of carbonyl (C=O) groups is 1. The molecule has 2 aromatic rings. The molecule has 5 heteroatoms. The second kappa shape index (κ2) is 7.51. The lowest BCUT2D eigenvalue weighted by Gasteiger charge is -2.32. The van der Waals surface area contributed by atoms with E-state index in [-0.39, 0.29) is 5.91 Å². The van der Waals surface area contributed by atoms with Crippen molar-refractivity contribution in [2.45, 2.75) is 33.2 Å². The predicted octanol–water partition coefficient (Wildman–Crippen LogP) is 3.14. The quantitative estimate of drug-likeness (QED) is 0.847. The van der Waals surface area contributed by atoms with E-state index in [1.54, 1.807) is 0 Å². The molecule has 24 heavy (non-hydrogen) atoms. The van der Waals surface area contributed by atoms with Crippen LogP contribution in [0.25, 0.3) is 0 Å². The van der Waals surface area contributed by atoms with Gasteiger partial charge in [-0.1, -0.05) is 0 Å². The number of amides is 1. The molecule has 1 aliphatic heterocycles. The monoisotopic (exact) mass is 327 g/mol. The van der Waals surface area contributed by atoms with E-state index in [4.69, 9.17) is 4.74 Å². The Morgan fingerprint density at radius 2 is 1.96 bits per heavy atom. The lowest BCUT2D eigenvalue weighted by molar-refractivity contribution is 0.0682. The van der Waals surface area contributed by atoms with Gasteiger partial charge in [0.25, 0.3) is 5.91 Å². The summed E-state index contributed by atoms with van der Waals surface area (Å²) in [5.41, 5.74) is 0.738. The molecule has 1 aromatic heterocycles. The lowest BCUT2D eigenvalue weighted by Crippen LogP contribution is -2.39. The minimum Gasteiger partial charge on any atom is -0.494 e. The number of aryl methyl sites for hydroxylation is 1. The molecular formula is C19H25N3O2. The third-order valence-corrected chi connectivity index (χ3v) is 4.69. The van der Waals surface area contributed by atoms with Crippen LogP contribution in [0.5, 0.6) is 5.75 Å². The Labute approximate surface area is 143 Å². The summed E-state index contributed by atoms with van der Waals surface area (Å²) in [4.78, 5) is 18.9. The number of likely N-dealkylation sites (tertiary alicyclic amines) is 1. The van der Waals surface area contributed by atoms with Gasteiger partial charge in [-0.15, -0.1) is 0 Å². The van der Waals surface area contributed by atoms with Gasteiger partial charge in [0, 0.05) is 37.6 Å². The molecule has 0 bridgehead atoms. The first-order valence-electron chi connectivity index (χ1n) is 8.67. The smallest absolute Gasteiger partial charge is 0.253 e. The van der Waals surface area contributed by atoms with Crippen LogP contribution < -0.4 is 4.74 Å². The topological polar surface area (TPSA) is 47.4 Å². The molecule has 0 aliphatic carbocycles. The fourth-order valence-corrected chi connectivity index (χ4v) is 3.24. The summed E-state index contributed by atoms with van der Waals surface area (Å²) in [6, 6.07) is 7.44. The average molecular weight is 327 g/mol. The van der Waals surface area contributed by atoms with Gasteiger partial charge in [-0.3, -0.25) is 4.79 Å². The molecule has 128 valence electrons. The summed E-state index contributed by atoms with van der Waals surface area (Å²) >= 11 is 0. The number of piperidine rings is 1. The Morgan fingerprint density at radius 1 is 1.25 bits per heavy atom. The molecule has 1 aromatic carbocycles. The Bertz CT molecular complexity index is 670. The summed E-state index contributed by atoms with van der Waals surface area (Å²) in [6.07, 6.45) is 5.97. The number of hydrogen-bond acceptors (Lipinski definition) is 3. The van der Waals surface area contributed by atoms with Crippen molar-refractivity contribution in [2.75, 3.05) is 19.7 Å². The number of benzene rings is 1. The van der Waals surface area contributed by atoms with Crippen molar-refractivity contribution in [1.82, 2.24) is 14.5 Å². The summed E-state index contributed by atoms with van der Waals surface area (Å²) in [5.74, 6) is 2.60. The van der Waals surface area contributed by atoms with Crippen LogP contribution in [0.3, 0.4) is 0 Å². The maximum Gasteiger partial charge on any atom is 0.253 e. The lowest BCUT2D eigenvalue weighted by atomic mass is 9.96. The number of ether oxygens (including phenoxy) is 1. The summed E-state index contributed by atoms with van der Waals surface area (Å²) in [6.45, 7) is 7.27. The van der Waals surface area contributed by atoms with Crippen LogP contribution in [0.4, 0.5) is 0 Å². The van der Waals surface area contributed by atoms with Crippen LogP contribution in [0, 0.1) is 12.8 Å². The fraction of sp³-hybridized carbons (Fsp3) is 0.474. The summed E-state index contributed by atoms with van der Waals surface area (Å²) in [5, 5.41) is 0. The van der Waals surface area contributed by atoms with E-state index in [0.717, 1.165) is 49.6 Å². The first-order valence-corrected chi connectivity index (χ1v) is 8.67. The average Bonchev–Trinajstić information content (AvgIpc) is 3.01. The van der Waals surface area contributed by atoms with Gasteiger partial charge in [-0.05, 0) is 56.9 Å². The van der Waals surface area contributed by atoms with Crippen molar-refractivity contribution < 1.29 is 9.53 Å². The number of rotatable bonds is 5. The molecule has 0 spiro atoms. The number of hydrogen-bond donors (Lipinski definition) is 0. The van der Waals surface area contributed by atoms with Gasteiger partial charge in [0.05, 0.1) is 6.61 Å². The maximum atomic E-state index is 12.6. The van der Waals surface area contributed by atoms with Gasteiger partial charge < -0.3 is 14.2 Å². The van der Waals surface area contributed by atoms with Crippen LogP contribution in [0.1, 0.15) is 35.9 Å². The Hall–Kier alpha value is -2.30. The number of aromatic nitrogens is 2. The zero-order valence-corrected chi connectivity index (χ0v) is 14.4. The minimum absolute atomic E-state index is 0.121. The van der Waals surface area contributed by atoms with Gasteiger partial charge in [-0.2, -0.15) is 0 Å². The largest absolute Gasteiger partial charge is 0.494 e. The molecule has 0 radical (unpaired) electrons. The van der Waals surface area contributed by atoms with Crippen LogP contribution in [0.15, 0.2) is 36.7 Å². The number of imidazole rings is 1. The van der Waals surface area contributed by atoms with Crippen LogP contribution >= 0.6 is 0 Å². The molecule has 1 aliphatic rings. The van der Waals surface area contributed by atoms with Gasteiger partial charge in [0.15, 0.2) is 0 Å². The van der Waals surface area contributed by atoms with E-state index in [0.29, 0.717) is 12.5 Å². The first-order chi connectivity index (χ1) is 11.7. The Kier molecular flexibility index (Phi) is 5.18. The van der Waals surface area contributed by atoms with E-state index in [1.165, 1.54) is 0 Å². The van der Waals surface area contributed by atoms with Crippen molar-refractivity contribution in [1.29, 1.82) is 0 Å². The van der Waals surface area contributed by atoms with E-state index < -0.39 is 0 Å². The van der Waals surface area contributed by atoms with Crippen molar-refractivity contribution in [3.8, 4) is 5.75 Å².